The van der Waals surface area contributed by atoms with Crippen LogP contribution in [-0.4, -0.2) is 106 Å². The summed E-state index contributed by atoms with van der Waals surface area (Å²) in [5, 5.41) is 2.58. The second-order valence-corrected chi connectivity index (χ2v) is 29.5. The lowest BCUT2D eigenvalue weighted by atomic mass is 10.0. The van der Waals surface area contributed by atoms with Gasteiger partial charge in [0.15, 0.2) is 22.7 Å². The number of likely N-dealkylation sites (N-methyl/N-ethyl adjacent to an activating group) is 1. The fourth-order valence-corrected chi connectivity index (χ4v) is 13.7. The fourth-order valence-electron chi connectivity index (χ4n) is 13.7. The molecule has 1 saturated heterocycles. The number of nitrogens with zero attached hydrogens (tertiary/aromatic N) is 4. The molecule has 0 radical (unpaired) electrons. The van der Waals surface area contributed by atoms with E-state index in [9.17, 15) is 28.8 Å². The molecule has 0 aliphatic carbocycles. The molecule has 1 fully saturated rings. The highest BCUT2D eigenvalue weighted by molar-refractivity contribution is 5.95. The molecule has 3 atom stereocenters. The van der Waals surface area contributed by atoms with Crippen molar-refractivity contribution in [2.24, 2.45) is 0 Å². The molecular formula is C84H144N6O12. The average molecular weight is 1430 g/mol. The summed E-state index contributed by atoms with van der Waals surface area (Å²) in [7, 11) is 1.67. The summed E-state index contributed by atoms with van der Waals surface area (Å²) < 4.78 is 39.0. The summed E-state index contributed by atoms with van der Waals surface area (Å²) in [5.41, 5.74) is -0.0491. The van der Waals surface area contributed by atoms with E-state index >= 15 is 0 Å². The van der Waals surface area contributed by atoms with Gasteiger partial charge in [-0.25, -0.2) is 4.98 Å². The van der Waals surface area contributed by atoms with E-state index in [1.807, 2.05) is 6.92 Å². The molecule has 1 aliphatic rings. The number of Topliss-reactive ketones (excluding diaryl/α,β-unsaturated/α-hetero) is 1. The van der Waals surface area contributed by atoms with Crippen molar-refractivity contribution in [2.45, 2.75) is 400 Å². The molecular weight excluding hydrogens is 1280 g/mol. The maximum atomic E-state index is 14.4. The molecule has 102 heavy (non-hydrogen) atoms. The predicted molar refractivity (Wildman–Crippen MR) is 414 cm³/mol. The third kappa shape index (κ3) is 40.7. The van der Waals surface area contributed by atoms with Crippen LogP contribution in [0.5, 0.6) is 17.2 Å². The molecule has 0 spiro atoms. The van der Waals surface area contributed by atoms with Gasteiger partial charge >= 0.3 is 11.9 Å². The first-order valence-electron chi connectivity index (χ1n) is 42.0. The average Bonchev–Trinajstić information content (AvgIpc) is 1.60. The number of ether oxygens (including phenoxy) is 6. The predicted octanol–water partition coefficient (Wildman–Crippen LogP) is 22.1. The van der Waals surface area contributed by atoms with Gasteiger partial charge in [0.1, 0.15) is 24.7 Å². The highest BCUT2D eigenvalue weighted by Crippen LogP contribution is 2.40. The number of hydrogen-bond acceptors (Lipinski definition) is 14. The van der Waals surface area contributed by atoms with Crippen LogP contribution in [0.2, 0.25) is 0 Å². The summed E-state index contributed by atoms with van der Waals surface area (Å²) in [6, 6.07) is 3.57. The second kappa shape index (κ2) is 58.7. The molecule has 2 aromatic heterocycles. The lowest BCUT2D eigenvalue weighted by Crippen LogP contribution is -2.31. The Morgan fingerprint density at radius 2 is 0.912 bits per heavy atom. The van der Waals surface area contributed by atoms with Crippen molar-refractivity contribution in [3.05, 3.63) is 34.4 Å². The third-order valence-corrected chi connectivity index (χ3v) is 20.2. The number of amides is 2. The van der Waals surface area contributed by atoms with Crippen molar-refractivity contribution in [3.63, 3.8) is 0 Å². The Labute approximate surface area is 617 Å². The molecule has 1 unspecified atom stereocenters. The number of imidazole rings is 1. The molecule has 4 rings (SSSR count). The smallest absolute Gasteiger partial charge is 0.306 e. The van der Waals surface area contributed by atoms with Crippen LogP contribution in [0.15, 0.2) is 23.3 Å². The number of benzene rings is 1. The van der Waals surface area contributed by atoms with Crippen LogP contribution < -0.4 is 25.1 Å². The van der Waals surface area contributed by atoms with E-state index in [2.05, 4.69) is 41.0 Å². The summed E-state index contributed by atoms with van der Waals surface area (Å²) in [4.78, 5) is 90.6. The van der Waals surface area contributed by atoms with E-state index in [0.717, 1.165) is 51.4 Å². The number of aromatic amines is 1. The van der Waals surface area contributed by atoms with E-state index in [1.165, 1.54) is 275 Å². The number of aromatic nitrogens is 4. The van der Waals surface area contributed by atoms with Crippen molar-refractivity contribution in [3.8, 4) is 17.2 Å². The number of fused-ring (bicyclic) bond motifs is 1. The monoisotopic (exact) mass is 1430 g/mol. The molecule has 18 heteroatoms. The van der Waals surface area contributed by atoms with Gasteiger partial charge < -0.3 is 38.1 Å². The second-order valence-electron chi connectivity index (χ2n) is 29.5. The SMILES string of the molecule is CCCCCCCCCCCCCCCCCCOc1cc(C(=O)N(C)CCOC(=O)CCC(=O)Nc2nc3c(ncn3[C@H]3CC(OC(=O)CCC(C)=O)[C@@H](CC)O3)c(=O)[nH]2)cc(OCCCCCCCCCCCCCCCCCC)c1OCCCCCCCCCCCCCCCCCC. The van der Waals surface area contributed by atoms with Gasteiger partial charge in [0.25, 0.3) is 11.5 Å². The number of nitrogens with one attached hydrogen (secondary N) is 2. The highest BCUT2D eigenvalue weighted by Gasteiger charge is 2.39. The Morgan fingerprint density at radius 1 is 0.520 bits per heavy atom. The van der Waals surface area contributed by atoms with Gasteiger partial charge in [-0.3, -0.25) is 38.8 Å². The Hall–Kier alpha value is -5.52. The summed E-state index contributed by atoms with van der Waals surface area (Å²) >= 11 is 0. The van der Waals surface area contributed by atoms with Crippen molar-refractivity contribution in [1.29, 1.82) is 0 Å². The van der Waals surface area contributed by atoms with Gasteiger partial charge in [0, 0.05) is 31.9 Å². The Bertz CT molecular complexity index is 2670. The Kier molecular flexibility index (Phi) is 51.2. The highest BCUT2D eigenvalue weighted by atomic mass is 16.6. The summed E-state index contributed by atoms with van der Waals surface area (Å²) in [6.07, 6.45) is 61.9. The molecule has 582 valence electrons. The van der Waals surface area contributed by atoms with Crippen molar-refractivity contribution in [1.82, 2.24) is 24.4 Å². The van der Waals surface area contributed by atoms with Crippen LogP contribution in [0.25, 0.3) is 11.2 Å². The maximum absolute atomic E-state index is 14.4. The Balaban J connectivity index is 1.34. The first-order chi connectivity index (χ1) is 49.9. The van der Waals surface area contributed by atoms with Crippen molar-refractivity contribution >= 4 is 46.6 Å². The van der Waals surface area contributed by atoms with Crippen LogP contribution >= 0.6 is 0 Å². The van der Waals surface area contributed by atoms with Crippen molar-refractivity contribution < 1.29 is 52.4 Å². The number of anilines is 1. The fraction of sp³-hybridized carbons (Fsp3) is 0.810. The largest absolute Gasteiger partial charge is 0.490 e. The zero-order valence-electron chi connectivity index (χ0n) is 65.4. The van der Waals surface area contributed by atoms with Gasteiger partial charge in [0.2, 0.25) is 17.6 Å². The minimum absolute atomic E-state index is 0.0181. The number of hydrogen-bond donors (Lipinski definition) is 2. The molecule has 1 aliphatic heterocycles. The van der Waals surface area contributed by atoms with Crippen LogP contribution in [-0.2, 0) is 33.4 Å². The minimum Gasteiger partial charge on any atom is -0.490 e. The van der Waals surface area contributed by atoms with Gasteiger partial charge in [0.05, 0.1) is 51.6 Å². The van der Waals surface area contributed by atoms with Gasteiger partial charge in [-0.1, -0.05) is 317 Å². The first-order valence-corrected chi connectivity index (χ1v) is 42.0. The first kappa shape index (κ1) is 88.9. The standard InChI is InChI=1S/C84H144N6O12/c1-7-11-14-17-20-23-26-29-32-35-38-41-44-47-50-53-61-97-73-65-70(66-74(98-62-54-51-48-45-42-39-36-33-30-27-24-21-18-15-12-8-2)80(73)100-63-55-52-49-46-43-40-37-34-31-28-25-22-19-16-13-9-3)83(96)89(6)60-64-99-77(93)59-57-75(92)86-84-87-81-79(82(95)88-84)85-68-90(81)76-67-72(71(10-4)101-76)102-78(94)58-56-69(5)91/h65-66,68,71-72,76H,7-64,67H2,1-6H3,(H2,86,87,88,92,95)/t71-,72?,76-/m1/s1. The quantitative estimate of drug-likeness (QED) is 0.0397. The normalized spacial score (nSPS) is 14.4. The molecule has 0 saturated carbocycles. The molecule has 18 nitrogen and oxygen atoms in total. The molecule has 1 aromatic carbocycles. The van der Waals surface area contributed by atoms with Gasteiger partial charge in [-0.15, -0.1) is 0 Å². The van der Waals surface area contributed by atoms with E-state index in [-0.39, 0.29) is 74.1 Å². The topological polar surface area (TPSA) is 220 Å². The molecule has 0 bridgehead atoms. The van der Waals surface area contributed by atoms with E-state index in [1.54, 1.807) is 23.7 Å². The third-order valence-electron chi connectivity index (χ3n) is 20.2. The molecule has 2 N–H and O–H groups in total. The molecule has 3 heterocycles. The number of esters is 2. The number of carbonyl (C=O) groups excluding carboxylic acids is 5. The number of carbonyl (C=O) groups is 5. The van der Waals surface area contributed by atoms with E-state index in [0.29, 0.717) is 49.1 Å². The van der Waals surface area contributed by atoms with Crippen LogP contribution in [0, 0.1) is 0 Å². The maximum Gasteiger partial charge on any atom is 0.306 e. The van der Waals surface area contributed by atoms with Crippen LogP contribution in [0.4, 0.5) is 5.95 Å². The van der Waals surface area contributed by atoms with E-state index in [4.69, 9.17) is 28.4 Å². The zero-order valence-corrected chi connectivity index (χ0v) is 65.4. The Morgan fingerprint density at radius 3 is 1.31 bits per heavy atom. The van der Waals surface area contributed by atoms with Gasteiger partial charge in [-0.05, 0) is 44.7 Å². The molecule has 2 amide bonds. The minimum atomic E-state index is -0.680. The lowest BCUT2D eigenvalue weighted by molar-refractivity contribution is -0.152. The van der Waals surface area contributed by atoms with Crippen LogP contribution in [0.3, 0.4) is 0 Å². The molecule has 3 aromatic rings. The number of unbranched alkanes of at least 4 members (excludes halogenated alkanes) is 45. The summed E-state index contributed by atoms with van der Waals surface area (Å²) in [5.74, 6) is -0.708. The van der Waals surface area contributed by atoms with E-state index < -0.39 is 41.8 Å². The van der Waals surface area contributed by atoms with Gasteiger partial charge in [-0.2, -0.15) is 4.98 Å². The van der Waals surface area contributed by atoms with Crippen LogP contribution in [0.1, 0.15) is 398 Å². The lowest BCUT2D eigenvalue weighted by Gasteiger charge is -2.21. The van der Waals surface area contributed by atoms with Crippen molar-refractivity contribution in [2.75, 3.05) is 45.3 Å². The summed E-state index contributed by atoms with van der Waals surface area (Å²) in [6.45, 7) is 11.6. The zero-order chi connectivity index (χ0) is 73.3. The number of ketones is 1. The number of H-pyrrole nitrogens is 1. The number of rotatable bonds is 68.